The minimum absolute atomic E-state index is 0.615. The van der Waals surface area contributed by atoms with E-state index in [9.17, 15) is 0 Å². The number of aryl methyl sites for hydroxylation is 1. The Morgan fingerprint density at radius 1 is 1.00 bits per heavy atom. The fraction of sp³-hybridized carbons (Fsp3) is 0.176. The SMILES string of the molecule is Cc1ccc(OC/C=C/CSc2ccc(Br)cc2)cc1. The van der Waals surface area contributed by atoms with Gasteiger partial charge in [0.1, 0.15) is 12.4 Å². The quantitative estimate of drug-likeness (QED) is 0.504. The molecule has 0 unspecified atom stereocenters. The first kappa shape index (κ1) is 15.2. The maximum Gasteiger partial charge on any atom is 0.119 e. The van der Waals surface area contributed by atoms with Gasteiger partial charge < -0.3 is 4.74 Å². The van der Waals surface area contributed by atoms with Crippen molar-refractivity contribution in [2.45, 2.75) is 11.8 Å². The van der Waals surface area contributed by atoms with E-state index in [0.717, 1.165) is 16.0 Å². The second-order valence-corrected chi connectivity index (χ2v) is 6.37. The molecule has 0 saturated heterocycles. The predicted octanol–water partition coefficient (Wildman–Crippen LogP) is 5.48. The summed E-state index contributed by atoms with van der Waals surface area (Å²) in [6.07, 6.45) is 4.20. The van der Waals surface area contributed by atoms with Crippen molar-refractivity contribution < 1.29 is 4.74 Å². The number of ether oxygens (including phenoxy) is 1. The second kappa shape index (κ2) is 8.18. The molecule has 0 spiro atoms. The molecule has 0 bridgehead atoms. The molecule has 0 aliphatic heterocycles. The maximum absolute atomic E-state index is 5.63. The van der Waals surface area contributed by atoms with Gasteiger partial charge in [-0.3, -0.25) is 0 Å². The van der Waals surface area contributed by atoms with Crippen molar-refractivity contribution in [2.75, 3.05) is 12.4 Å². The summed E-state index contributed by atoms with van der Waals surface area (Å²) >= 11 is 5.25. The van der Waals surface area contributed by atoms with Gasteiger partial charge in [0, 0.05) is 15.1 Å². The fourth-order valence-corrected chi connectivity index (χ4v) is 2.61. The van der Waals surface area contributed by atoms with Crippen LogP contribution < -0.4 is 4.74 Å². The Bertz CT molecular complexity index is 495. The first-order valence-electron chi connectivity index (χ1n) is 6.47. The first-order chi connectivity index (χ1) is 9.74. The standard InChI is InChI=1S/C17H17BrOS/c1-14-4-8-16(9-5-14)19-12-2-3-13-20-17-10-6-15(18)7-11-17/h2-11H,12-13H2,1H3/b3-2+. The third kappa shape index (κ3) is 5.43. The average molecular weight is 349 g/mol. The lowest BCUT2D eigenvalue weighted by atomic mass is 10.2. The summed E-state index contributed by atoms with van der Waals surface area (Å²) in [6.45, 7) is 2.69. The predicted molar refractivity (Wildman–Crippen MR) is 90.7 cm³/mol. The van der Waals surface area contributed by atoms with E-state index in [1.54, 1.807) is 0 Å². The molecule has 3 heteroatoms. The molecule has 2 aromatic rings. The van der Waals surface area contributed by atoms with Crippen LogP contribution in [-0.4, -0.2) is 12.4 Å². The molecule has 0 amide bonds. The van der Waals surface area contributed by atoms with Gasteiger partial charge >= 0.3 is 0 Å². The number of hydrogen-bond acceptors (Lipinski definition) is 2. The van der Waals surface area contributed by atoms with Gasteiger partial charge in [-0.2, -0.15) is 0 Å². The molecule has 2 aromatic carbocycles. The summed E-state index contributed by atoms with van der Waals surface area (Å²) in [7, 11) is 0. The minimum Gasteiger partial charge on any atom is -0.490 e. The van der Waals surface area contributed by atoms with Crippen LogP contribution in [0, 0.1) is 6.92 Å². The van der Waals surface area contributed by atoms with Gasteiger partial charge in [-0.25, -0.2) is 0 Å². The van der Waals surface area contributed by atoms with Crippen LogP contribution in [0.5, 0.6) is 5.75 Å². The van der Waals surface area contributed by atoms with Crippen molar-refractivity contribution in [3.8, 4) is 5.75 Å². The Morgan fingerprint density at radius 2 is 1.70 bits per heavy atom. The molecule has 104 valence electrons. The Morgan fingerprint density at radius 3 is 2.40 bits per heavy atom. The van der Waals surface area contributed by atoms with Gasteiger partial charge in [0.2, 0.25) is 0 Å². The van der Waals surface area contributed by atoms with Gasteiger partial charge in [0.25, 0.3) is 0 Å². The number of rotatable bonds is 6. The summed E-state index contributed by atoms with van der Waals surface area (Å²) < 4.78 is 6.74. The molecular formula is C17H17BrOS. The topological polar surface area (TPSA) is 9.23 Å². The summed E-state index contributed by atoms with van der Waals surface area (Å²) in [5, 5.41) is 0. The van der Waals surface area contributed by atoms with Crippen LogP contribution in [0.2, 0.25) is 0 Å². The number of halogens is 1. The molecule has 0 heterocycles. The van der Waals surface area contributed by atoms with Gasteiger partial charge in [0.05, 0.1) is 0 Å². The summed E-state index contributed by atoms with van der Waals surface area (Å²) in [6, 6.07) is 16.5. The zero-order chi connectivity index (χ0) is 14.2. The highest BCUT2D eigenvalue weighted by Gasteiger charge is 1.92. The molecular weight excluding hydrogens is 332 g/mol. The molecule has 0 aromatic heterocycles. The highest BCUT2D eigenvalue weighted by atomic mass is 79.9. The number of hydrogen-bond donors (Lipinski definition) is 0. The summed E-state index contributed by atoms with van der Waals surface area (Å²) in [5.41, 5.74) is 1.25. The monoisotopic (exact) mass is 348 g/mol. The van der Waals surface area contributed by atoms with Crippen molar-refractivity contribution in [1.29, 1.82) is 0 Å². The second-order valence-electron chi connectivity index (χ2n) is 4.36. The average Bonchev–Trinajstić information content (AvgIpc) is 2.46. The molecule has 0 aliphatic carbocycles. The zero-order valence-electron chi connectivity index (χ0n) is 11.4. The van der Waals surface area contributed by atoms with E-state index in [2.05, 4.69) is 71.4 Å². The molecule has 0 aliphatic rings. The summed E-state index contributed by atoms with van der Waals surface area (Å²) in [4.78, 5) is 1.28. The Labute approximate surface area is 133 Å². The zero-order valence-corrected chi connectivity index (χ0v) is 13.8. The van der Waals surface area contributed by atoms with E-state index in [4.69, 9.17) is 4.74 Å². The normalized spacial score (nSPS) is 10.9. The largest absolute Gasteiger partial charge is 0.490 e. The van der Waals surface area contributed by atoms with Crippen LogP contribution in [-0.2, 0) is 0 Å². The van der Waals surface area contributed by atoms with Gasteiger partial charge in [-0.15, -0.1) is 11.8 Å². The van der Waals surface area contributed by atoms with Crippen molar-refractivity contribution in [3.05, 3.63) is 70.7 Å². The first-order valence-corrected chi connectivity index (χ1v) is 8.25. The van der Waals surface area contributed by atoms with E-state index < -0.39 is 0 Å². The van der Waals surface area contributed by atoms with Crippen LogP contribution in [0.25, 0.3) is 0 Å². The van der Waals surface area contributed by atoms with Crippen LogP contribution in [0.15, 0.2) is 70.1 Å². The van der Waals surface area contributed by atoms with Crippen LogP contribution in [0.4, 0.5) is 0 Å². The summed E-state index contributed by atoms with van der Waals surface area (Å²) in [5.74, 6) is 1.87. The molecule has 0 fully saturated rings. The fourth-order valence-electron chi connectivity index (χ4n) is 1.59. The van der Waals surface area contributed by atoms with Crippen LogP contribution in [0.3, 0.4) is 0 Å². The van der Waals surface area contributed by atoms with Gasteiger partial charge in [-0.05, 0) is 43.3 Å². The number of benzene rings is 2. The molecule has 0 N–H and O–H groups in total. The highest BCUT2D eigenvalue weighted by molar-refractivity contribution is 9.10. The molecule has 0 saturated carbocycles. The van der Waals surface area contributed by atoms with E-state index in [1.807, 2.05) is 23.9 Å². The van der Waals surface area contributed by atoms with E-state index in [1.165, 1.54) is 10.5 Å². The van der Waals surface area contributed by atoms with Crippen molar-refractivity contribution in [1.82, 2.24) is 0 Å². The van der Waals surface area contributed by atoms with Crippen LogP contribution in [0.1, 0.15) is 5.56 Å². The molecule has 1 nitrogen and oxygen atoms in total. The van der Waals surface area contributed by atoms with Crippen molar-refractivity contribution >= 4 is 27.7 Å². The number of thioether (sulfide) groups is 1. The van der Waals surface area contributed by atoms with Crippen molar-refractivity contribution in [3.63, 3.8) is 0 Å². The van der Waals surface area contributed by atoms with E-state index in [0.29, 0.717) is 6.61 Å². The Hall–Kier alpha value is -1.19. The smallest absolute Gasteiger partial charge is 0.119 e. The molecule has 20 heavy (non-hydrogen) atoms. The third-order valence-corrected chi connectivity index (χ3v) is 4.19. The Balaban J connectivity index is 1.67. The third-order valence-electron chi connectivity index (χ3n) is 2.69. The van der Waals surface area contributed by atoms with Gasteiger partial charge in [-0.1, -0.05) is 45.8 Å². The lowest BCUT2D eigenvalue weighted by molar-refractivity contribution is 0.362. The molecule has 2 rings (SSSR count). The van der Waals surface area contributed by atoms with E-state index in [-0.39, 0.29) is 0 Å². The Kier molecular flexibility index (Phi) is 6.22. The lowest BCUT2D eigenvalue weighted by Gasteiger charge is -2.03. The van der Waals surface area contributed by atoms with E-state index >= 15 is 0 Å². The van der Waals surface area contributed by atoms with Gasteiger partial charge in [0.15, 0.2) is 0 Å². The van der Waals surface area contributed by atoms with Crippen LogP contribution >= 0.6 is 27.7 Å². The minimum atomic E-state index is 0.615. The highest BCUT2D eigenvalue weighted by Crippen LogP contribution is 2.20. The maximum atomic E-state index is 5.63. The molecule has 0 atom stereocenters. The van der Waals surface area contributed by atoms with Crippen molar-refractivity contribution in [2.24, 2.45) is 0 Å². The molecule has 0 radical (unpaired) electrons. The lowest BCUT2D eigenvalue weighted by Crippen LogP contribution is -1.93.